The van der Waals surface area contributed by atoms with Gasteiger partial charge >= 0.3 is 6.18 Å². The highest BCUT2D eigenvalue weighted by atomic mass is 32.2. The first-order chi connectivity index (χ1) is 11.8. The Balaban J connectivity index is 1.63. The number of hydrogen-bond donors (Lipinski definition) is 0. The van der Waals surface area contributed by atoms with E-state index in [-0.39, 0.29) is 17.8 Å². The van der Waals surface area contributed by atoms with Gasteiger partial charge in [0, 0.05) is 19.0 Å². The Hall–Kier alpha value is -1.16. The number of alkyl halides is 3. The molecule has 0 radical (unpaired) electrons. The number of ether oxygens (including phenoxy) is 2. The van der Waals surface area contributed by atoms with Crippen LogP contribution in [-0.4, -0.2) is 45.3 Å². The molecule has 0 aromatic heterocycles. The van der Waals surface area contributed by atoms with E-state index in [1.807, 2.05) is 0 Å². The molecule has 2 aliphatic rings. The molecule has 9 heteroatoms. The van der Waals surface area contributed by atoms with Crippen LogP contribution in [0.1, 0.15) is 24.0 Å². The van der Waals surface area contributed by atoms with Gasteiger partial charge in [-0.3, -0.25) is 0 Å². The third kappa shape index (κ3) is 4.52. The zero-order chi connectivity index (χ0) is 18.1. The highest BCUT2D eigenvalue weighted by molar-refractivity contribution is 7.88. The Morgan fingerprint density at radius 3 is 2.36 bits per heavy atom. The molecule has 0 aliphatic carbocycles. The largest absolute Gasteiger partial charge is 0.416 e. The highest BCUT2D eigenvalue weighted by Crippen LogP contribution is 2.31. The van der Waals surface area contributed by atoms with Gasteiger partial charge in [-0.25, -0.2) is 12.7 Å². The number of hydrogen-bond acceptors (Lipinski definition) is 4. The van der Waals surface area contributed by atoms with Gasteiger partial charge in [-0.1, -0.05) is 18.2 Å². The summed E-state index contributed by atoms with van der Waals surface area (Å²) in [6, 6.07) is 4.46. The quantitative estimate of drug-likeness (QED) is 0.807. The van der Waals surface area contributed by atoms with E-state index in [0.29, 0.717) is 39.1 Å². The molecule has 5 nitrogen and oxygen atoms in total. The molecule has 2 heterocycles. The van der Waals surface area contributed by atoms with E-state index in [4.69, 9.17) is 9.47 Å². The lowest BCUT2D eigenvalue weighted by molar-refractivity contribution is -0.137. The normalized spacial score (nSPS) is 21.7. The molecule has 3 rings (SSSR count). The van der Waals surface area contributed by atoms with Crippen molar-refractivity contribution >= 4 is 10.0 Å². The fraction of sp³-hybridized carbons (Fsp3) is 0.625. The molecule has 25 heavy (non-hydrogen) atoms. The van der Waals surface area contributed by atoms with Crippen molar-refractivity contribution in [1.29, 1.82) is 0 Å². The predicted molar refractivity (Wildman–Crippen MR) is 84.1 cm³/mol. The summed E-state index contributed by atoms with van der Waals surface area (Å²) >= 11 is 0. The van der Waals surface area contributed by atoms with Crippen molar-refractivity contribution in [1.82, 2.24) is 4.31 Å². The summed E-state index contributed by atoms with van der Waals surface area (Å²) in [5, 5.41) is 0. The minimum absolute atomic E-state index is 0.138. The maximum absolute atomic E-state index is 12.8. The van der Waals surface area contributed by atoms with E-state index in [1.54, 1.807) is 0 Å². The molecule has 0 amide bonds. The molecule has 0 N–H and O–H groups in total. The maximum atomic E-state index is 12.8. The Bertz CT molecular complexity index is 694. The summed E-state index contributed by atoms with van der Waals surface area (Å²) in [5.41, 5.74) is -0.700. The number of benzene rings is 1. The summed E-state index contributed by atoms with van der Waals surface area (Å²) in [6.45, 7) is 1.77. The van der Waals surface area contributed by atoms with Crippen LogP contribution in [0.25, 0.3) is 0 Å². The van der Waals surface area contributed by atoms with Crippen molar-refractivity contribution in [3.63, 3.8) is 0 Å². The molecule has 2 fully saturated rings. The third-order valence-corrected chi connectivity index (χ3v) is 6.38. The van der Waals surface area contributed by atoms with Crippen molar-refractivity contribution in [3.8, 4) is 0 Å². The predicted octanol–water partition coefficient (Wildman–Crippen LogP) is 2.62. The van der Waals surface area contributed by atoms with Crippen molar-refractivity contribution in [2.45, 2.75) is 31.1 Å². The maximum Gasteiger partial charge on any atom is 0.416 e. The minimum Gasteiger partial charge on any atom is -0.350 e. The van der Waals surface area contributed by atoms with Crippen LogP contribution in [-0.2, 0) is 31.4 Å². The fourth-order valence-corrected chi connectivity index (χ4v) is 4.76. The lowest BCUT2D eigenvalue weighted by Gasteiger charge is -2.33. The molecule has 0 bridgehead atoms. The second-order valence-corrected chi connectivity index (χ2v) is 8.27. The summed E-state index contributed by atoms with van der Waals surface area (Å²) in [4.78, 5) is 0. The van der Waals surface area contributed by atoms with Crippen LogP contribution in [0.4, 0.5) is 13.2 Å². The number of halogens is 3. The van der Waals surface area contributed by atoms with Crippen LogP contribution in [0, 0.1) is 5.92 Å². The highest BCUT2D eigenvalue weighted by Gasteiger charge is 2.35. The van der Waals surface area contributed by atoms with Crippen LogP contribution < -0.4 is 0 Å². The van der Waals surface area contributed by atoms with E-state index in [9.17, 15) is 21.6 Å². The molecule has 0 saturated carbocycles. The molecule has 0 unspecified atom stereocenters. The molecule has 0 spiro atoms. The topological polar surface area (TPSA) is 55.8 Å². The fourth-order valence-electron chi connectivity index (χ4n) is 3.21. The molecule has 0 atom stereocenters. The van der Waals surface area contributed by atoms with Crippen molar-refractivity contribution in [2.24, 2.45) is 5.92 Å². The van der Waals surface area contributed by atoms with Crippen LogP contribution in [0.5, 0.6) is 0 Å². The van der Waals surface area contributed by atoms with Gasteiger partial charge in [-0.15, -0.1) is 0 Å². The minimum atomic E-state index is -4.49. The second kappa shape index (κ2) is 7.22. The van der Waals surface area contributed by atoms with E-state index >= 15 is 0 Å². The Morgan fingerprint density at radius 1 is 1.12 bits per heavy atom. The Morgan fingerprint density at radius 2 is 1.76 bits per heavy atom. The lowest BCUT2D eigenvalue weighted by Crippen LogP contribution is -2.41. The summed E-state index contributed by atoms with van der Waals surface area (Å²) in [5.74, 6) is -0.277. The second-order valence-electron chi connectivity index (χ2n) is 6.30. The van der Waals surface area contributed by atoms with Gasteiger partial charge in [-0.05, 0) is 24.5 Å². The monoisotopic (exact) mass is 379 g/mol. The number of rotatable bonds is 4. The Labute approximate surface area is 144 Å². The smallest absolute Gasteiger partial charge is 0.350 e. The van der Waals surface area contributed by atoms with E-state index in [0.717, 1.165) is 12.1 Å². The average Bonchev–Trinajstić information content (AvgIpc) is 3.08. The zero-order valence-corrected chi connectivity index (χ0v) is 14.4. The van der Waals surface area contributed by atoms with Gasteiger partial charge in [0.15, 0.2) is 6.29 Å². The van der Waals surface area contributed by atoms with E-state index in [1.165, 1.54) is 16.4 Å². The van der Waals surface area contributed by atoms with Gasteiger partial charge < -0.3 is 9.47 Å². The lowest BCUT2D eigenvalue weighted by atomic mass is 9.98. The van der Waals surface area contributed by atoms with Crippen LogP contribution in [0.2, 0.25) is 0 Å². The Kier molecular flexibility index (Phi) is 5.38. The van der Waals surface area contributed by atoms with Gasteiger partial charge in [-0.2, -0.15) is 13.2 Å². The van der Waals surface area contributed by atoms with Gasteiger partial charge in [0.1, 0.15) is 0 Å². The SMILES string of the molecule is O=S(=O)(Cc1cccc(C(F)(F)F)c1)N1CCC(C2OCCO2)CC1. The number of sulfonamides is 1. The third-order valence-electron chi connectivity index (χ3n) is 4.53. The van der Waals surface area contributed by atoms with E-state index < -0.39 is 27.5 Å². The molecule has 1 aromatic carbocycles. The first-order valence-corrected chi connectivity index (χ1v) is 9.74. The molecular formula is C16H20F3NO4S. The van der Waals surface area contributed by atoms with Crippen molar-refractivity contribution in [2.75, 3.05) is 26.3 Å². The molecule has 2 saturated heterocycles. The van der Waals surface area contributed by atoms with Gasteiger partial charge in [0.05, 0.1) is 24.5 Å². The molecule has 2 aliphatic heterocycles. The standard InChI is InChI=1S/C16H20F3NO4S/c17-16(18,19)14-3-1-2-12(10-14)11-25(21,22)20-6-4-13(5-7-20)15-23-8-9-24-15/h1-3,10,13,15H,4-9,11H2. The first kappa shape index (κ1) is 18.6. The molecular weight excluding hydrogens is 359 g/mol. The van der Waals surface area contributed by atoms with Crippen LogP contribution in [0.15, 0.2) is 24.3 Å². The molecule has 1 aromatic rings. The van der Waals surface area contributed by atoms with Crippen molar-refractivity contribution < 1.29 is 31.1 Å². The number of nitrogens with zero attached hydrogens (tertiary/aromatic N) is 1. The van der Waals surface area contributed by atoms with Crippen molar-refractivity contribution in [3.05, 3.63) is 35.4 Å². The van der Waals surface area contributed by atoms with Gasteiger partial charge in [0.25, 0.3) is 0 Å². The molecule has 140 valence electrons. The number of piperidine rings is 1. The summed E-state index contributed by atoms with van der Waals surface area (Å²) in [6.07, 6.45) is -3.52. The van der Waals surface area contributed by atoms with Crippen LogP contribution >= 0.6 is 0 Å². The van der Waals surface area contributed by atoms with Crippen LogP contribution in [0.3, 0.4) is 0 Å². The first-order valence-electron chi connectivity index (χ1n) is 8.13. The zero-order valence-electron chi connectivity index (χ0n) is 13.5. The van der Waals surface area contributed by atoms with E-state index in [2.05, 4.69) is 0 Å². The summed E-state index contributed by atoms with van der Waals surface area (Å²) in [7, 11) is -3.66. The average molecular weight is 379 g/mol. The summed E-state index contributed by atoms with van der Waals surface area (Å²) < 4.78 is 75.6. The van der Waals surface area contributed by atoms with Gasteiger partial charge in [0.2, 0.25) is 10.0 Å².